The molecule has 0 spiro atoms. The summed E-state index contributed by atoms with van der Waals surface area (Å²) in [7, 11) is 0. The van der Waals surface area contributed by atoms with Gasteiger partial charge >= 0.3 is 0 Å². The third-order valence-corrected chi connectivity index (χ3v) is 2.16. The molecule has 0 radical (unpaired) electrons. The minimum absolute atomic E-state index is 0.0336. The quantitative estimate of drug-likeness (QED) is 0.668. The zero-order valence-corrected chi connectivity index (χ0v) is 8.30. The lowest BCUT2D eigenvalue weighted by atomic mass is 9.86. The minimum Gasteiger partial charge on any atom is -0.326 e. The van der Waals surface area contributed by atoms with Gasteiger partial charge in [-0.2, -0.15) is 0 Å². The molecule has 0 heterocycles. The molecule has 0 amide bonds. The van der Waals surface area contributed by atoms with E-state index in [9.17, 15) is 0 Å². The van der Waals surface area contributed by atoms with Crippen LogP contribution in [0.25, 0.3) is 0 Å². The van der Waals surface area contributed by atoms with Gasteiger partial charge in [0.2, 0.25) is 0 Å². The Morgan fingerprint density at radius 1 is 1.58 bits per heavy atom. The Hall–Kier alpha value is -0.560. The van der Waals surface area contributed by atoms with Gasteiger partial charge < -0.3 is 5.73 Å². The molecule has 1 unspecified atom stereocenters. The fourth-order valence-electron chi connectivity index (χ4n) is 1.60. The van der Waals surface area contributed by atoms with Gasteiger partial charge in [0.1, 0.15) is 0 Å². The number of hydrogen-bond donors (Lipinski definition) is 1. The van der Waals surface area contributed by atoms with Crippen LogP contribution < -0.4 is 5.73 Å². The first-order valence-corrected chi connectivity index (χ1v) is 4.61. The van der Waals surface area contributed by atoms with Gasteiger partial charge in [-0.1, -0.05) is 23.8 Å². The van der Waals surface area contributed by atoms with Crippen molar-refractivity contribution in [1.29, 1.82) is 0 Å². The predicted octanol–water partition coefficient (Wildman–Crippen LogP) is 2.64. The van der Waals surface area contributed by atoms with Crippen molar-refractivity contribution in [2.24, 2.45) is 11.7 Å². The summed E-state index contributed by atoms with van der Waals surface area (Å²) < 4.78 is 0. The molecular weight excluding hydrogens is 146 g/mol. The van der Waals surface area contributed by atoms with Gasteiger partial charge in [0.05, 0.1) is 0 Å². The average Bonchev–Trinajstić information content (AvgIpc) is 1.91. The van der Waals surface area contributed by atoms with E-state index in [1.165, 1.54) is 5.57 Å². The molecule has 1 rings (SSSR count). The Balaban J connectivity index is 2.44. The molecule has 0 fully saturated rings. The normalized spacial score (nSPS) is 24.0. The second-order valence-corrected chi connectivity index (χ2v) is 4.50. The lowest BCUT2D eigenvalue weighted by Gasteiger charge is -2.24. The Morgan fingerprint density at radius 2 is 2.25 bits per heavy atom. The van der Waals surface area contributed by atoms with Crippen LogP contribution in [0.15, 0.2) is 23.8 Å². The Bertz CT molecular complexity index is 206. The standard InChI is InChI=1S/C11H19N/c1-9-4-6-10(7-5-9)8-11(2,3)12/h4-6,10H,7-8,12H2,1-3H3. The highest BCUT2D eigenvalue weighted by molar-refractivity contribution is 5.21. The first kappa shape index (κ1) is 9.53. The molecule has 68 valence electrons. The van der Waals surface area contributed by atoms with E-state index in [1.54, 1.807) is 0 Å². The number of allylic oxidation sites excluding steroid dienone is 4. The third-order valence-electron chi connectivity index (χ3n) is 2.16. The van der Waals surface area contributed by atoms with Crippen molar-refractivity contribution in [3.05, 3.63) is 23.8 Å². The molecule has 0 bridgehead atoms. The summed E-state index contributed by atoms with van der Waals surface area (Å²) in [5.41, 5.74) is 7.29. The summed E-state index contributed by atoms with van der Waals surface area (Å²) in [6.07, 6.45) is 9.00. The predicted molar refractivity (Wildman–Crippen MR) is 53.9 cm³/mol. The zero-order valence-electron chi connectivity index (χ0n) is 8.30. The molecule has 1 nitrogen and oxygen atoms in total. The molecule has 12 heavy (non-hydrogen) atoms. The first-order valence-electron chi connectivity index (χ1n) is 4.61. The van der Waals surface area contributed by atoms with E-state index in [-0.39, 0.29) is 5.54 Å². The van der Waals surface area contributed by atoms with Crippen molar-refractivity contribution in [3.8, 4) is 0 Å². The maximum Gasteiger partial charge on any atom is 0.0103 e. The molecule has 0 aromatic rings. The first-order chi connectivity index (χ1) is 5.47. The topological polar surface area (TPSA) is 26.0 Å². The smallest absolute Gasteiger partial charge is 0.0103 e. The molecular formula is C11H19N. The van der Waals surface area contributed by atoms with E-state index in [2.05, 4.69) is 39.0 Å². The van der Waals surface area contributed by atoms with E-state index in [1.807, 2.05) is 0 Å². The van der Waals surface area contributed by atoms with Crippen molar-refractivity contribution < 1.29 is 0 Å². The van der Waals surface area contributed by atoms with Gasteiger partial charge in [0.15, 0.2) is 0 Å². The fourth-order valence-corrected chi connectivity index (χ4v) is 1.60. The van der Waals surface area contributed by atoms with Gasteiger partial charge in [0, 0.05) is 5.54 Å². The summed E-state index contributed by atoms with van der Waals surface area (Å²) in [4.78, 5) is 0. The van der Waals surface area contributed by atoms with Crippen LogP contribution in [0.2, 0.25) is 0 Å². The molecule has 0 aromatic carbocycles. The Kier molecular flexibility index (Phi) is 2.73. The van der Waals surface area contributed by atoms with Gasteiger partial charge in [-0.25, -0.2) is 0 Å². The van der Waals surface area contributed by atoms with Crippen LogP contribution in [0.4, 0.5) is 0 Å². The Morgan fingerprint density at radius 3 is 2.67 bits per heavy atom. The maximum atomic E-state index is 5.95. The summed E-state index contributed by atoms with van der Waals surface area (Å²) in [6, 6.07) is 0. The maximum absolute atomic E-state index is 5.95. The highest BCUT2D eigenvalue weighted by atomic mass is 14.7. The van der Waals surface area contributed by atoms with Crippen molar-refractivity contribution in [3.63, 3.8) is 0 Å². The van der Waals surface area contributed by atoms with Crippen LogP contribution in [0.1, 0.15) is 33.6 Å². The molecule has 1 aliphatic carbocycles. The van der Waals surface area contributed by atoms with Gasteiger partial charge in [-0.3, -0.25) is 0 Å². The monoisotopic (exact) mass is 165 g/mol. The van der Waals surface area contributed by atoms with Crippen molar-refractivity contribution in [1.82, 2.24) is 0 Å². The van der Waals surface area contributed by atoms with Crippen molar-refractivity contribution in [2.75, 3.05) is 0 Å². The van der Waals surface area contributed by atoms with E-state index < -0.39 is 0 Å². The molecule has 2 N–H and O–H groups in total. The molecule has 0 saturated carbocycles. The summed E-state index contributed by atoms with van der Waals surface area (Å²) in [5.74, 6) is 0.647. The summed E-state index contributed by atoms with van der Waals surface area (Å²) >= 11 is 0. The highest BCUT2D eigenvalue weighted by Crippen LogP contribution is 2.23. The molecule has 1 aliphatic rings. The lowest BCUT2D eigenvalue weighted by Crippen LogP contribution is -2.34. The molecule has 0 aromatic heterocycles. The minimum atomic E-state index is -0.0336. The van der Waals surface area contributed by atoms with Crippen LogP contribution in [-0.4, -0.2) is 5.54 Å². The molecule has 0 saturated heterocycles. The SMILES string of the molecule is CC1=CCC(CC(C)(C)N)C=C1. The van der Waals surface area contributed by atoms with Crippen LogP contribution in [0, 0.1) is 5.92 Å². The van der Waals surface area contributed by atoms with Gasteiger partial charge in [-0.05, 0) is 39.5 Å². The second-order valence-electron chi connectivity index (χ2n) is 4.50. The average molecular weight is 165 g/mol. The molecule has 0 aliphatic heterocycles. The van der Waals surface area contributed by atoms with Crippen LogP contribution >= 0.6 is 0 Å². The summed E-state index contributed by atoms with van der Waals surface area (Å²) in [6.45, 7) is 6.32. The van der Waals surface area contributed by atoms with Gasteiger partial charge in [-0.15, -0.1) is 0 Å². The van der Waals surface area contributed by atoms with E-state index in [0.29, 0.717) is 5.92 Å². The zero-order chi connectivity index (χ0) is 9.19. The van der Waals surface area contributed by atoms with Crippen LogP contribution in [-0.2, 0) is 0 Å². The number of nitrogens with two attached hydrogens (primary N) is 1. The largest absolute Gasteiger partial charge is 0.326 e. The third kappa shape index (κ3) is 3.22. The molecule has 1 atom stereocenters. The lowest BCUT2D eigenvalue weighted by molar-refractivity contribution is 0.405. The van der Waals surface area contributed by atoms with E-state index >= 15 is 0 Å². The van der Waals surface area contributed by atoms with E-state index in [0.717, 1.165) is 12.8 Å². The molecule has 1 heteroatoms. The van der Waals surface area contributed by atoms with Crippen LogP contribution in [0.5, 0.6) is 0 Å². The Labute approximate surface area is 75.3 Å². The van der Waals surface area contributed by atoms with Crippen LogP contribution in [0.3, 0.4) is 0 Å². The van der Waals surface area contributed by atoms with Crippen molar-refractivity contribution in [2.45, 2.75) is 39.2 Å². The second kappa shape index (κ2) is 3.44. The number of hydrogen-bond acceptors (Lipinski definition) is 1. The number of rotatable bonds is 2. The highest BCUT2D eigenvalue weighted by Gasteiger charge is 2.17. The van der Waals surface area contributed by atoms with Crippen molar-refractivity contribution >= 4 is 0 Å². The fraction of sp³-hybridized carbons (Fsp3) is 0.636. The summed E-state index contributed by atoms with van der Waals surface area (Å²) in [5, 5.41) is 0. The van der Waals surface area contributed by atoms with E-state index in [4.69, 9.17) is 5.73 Å². The van der Waals surface area contributed by atoms with Gasteiger partial charge in [0.25, 0.3) is 0 Å².